The molecule has 0 spiro atoms. The van der Waals surface area contributed by atoms with Crippen LogP contribution in [0, 0.1) is 19.8 Å². The molecule has 3 aromatic rings. The molecule has 196 valence electrons. The maximum atomic E-state index is 13.4. The van der Waals surface area contributed by atoms with Gasteiger partial charge >= 0.3 is 5.97 Å². The number of furan rings is 1. The molecule has 2 unspecified atom stereocenters. The minimum atomic E-state index is -1.02. The van der Waals surface area contributed by atoms with Crippen LogP contribution in [0.4, 0.5) is 0 Å². The molecule has 1 amide bonds. The number of Topliss-reactive ketones (excluding diaryl/α,β-unsaturated/α-hetero) is 1. The van der Waals surface area contributed by atoms with Crippen LogP contribution in [0.25, 0.3) is 5.78 Å². The van der Waals surface area contributed by atoms with E-state index in [9.17, 15) is 14.4 Å². The number of nitrogens with zero attached hydrogens (tertiary/aromatic N) is 4. The molecule has 1 N–H and O–H groups in total. The van der Waals surface area contributed by atoms with E-state index in [1.54, 1.807) is 16.8 Å². The molecular weight excluding hydrogens is 494 g/mol. The van der Waals surface area contributed by atoms with Gasteiger partial charge in [0.1, 0.15) is 11.4 Å². The number of cyclic esters (lactones) is 1. The first kappa shape index (κ1) is 25.4. The molecule has 2 fully saturated rings. The van der Waals surface area contributed by atoms with Gasteiger partial charge in [-0.25, -0.2) is 9.50 Å². The van der Waals surface area contributed by atoms with E-state index in [0.29, 0.717) is 36.7 Å². The van der Waals surface area contributed by atoms with Crippen molar-refractivity contribution in [1.82, 2.24) is 24.9 Å². The smallest absolute Gasteiger partial charge is 0.327 e. The standard InChI is InChI=1S/C26H31N5O5S/c1-16-14-17(2)31-24(28-16)29-25(30-31)37-22-20(32)15-26(36-23(22)34,18-6-3-4-7-18)11-12-27-21(33)10-9-19-8-5-13-35-19/h5,8,13-14,18,22H,3-4,6-7,9-12,15H2,1-2H3,(H,27,33). The highest BCUT2D eigenvalue weighted by Crippen LogP contribution is 2.45. The predicted octanol–water partition coefficient (Wildman–Crippen LogP) is 3.38. The number of carbonyl (C=O) groups is 3. The van der Waals surface area contributed by atoms with Gasteiger partial charge in [0.2, 0.25) is 11.1 Å². The van der Waals surface area contributed by atoms with Gasteiger partial charge in [0.25, 0.3) is 5.78 Å². The molecule has 11 heteroatoms. The fourth-order valence-corrected chi connectivity index (χ4v) is 6.28. The Kier molecular flexibility index (Phi) is 7.32. The lowest BCUT2D eigenvalue weighted by Crippen LogP contribution is -2.54. The SMILES string of the molecule is Cc1cc(C)n2nc(SC3C(=O)CC(CCNC(=O)CCc4ccco4)(C4CCCC4)OC3=O)nc2n1. The molecule has 1 saturated carbocycles. The molecule has 1 aliphatic carbocycles. The van der Waals surface area contributed by atoms with E-state index in [1.165, 1.54) is 0 Å². The zero-order valence-corrected chi connectivity index (χ0v) is 21.9. The van der Waals surface area contributed by atoms with Crippen LogP contribution in [0.15, 0.2) is 34.0 Å². The summed E-state index contributed by atoms with van der Waals surface area (Å²) in [5, 5.41) is 6.65. The molecule has 4 heterocycles. The molecule has 37 heavy (non-hydrogen) atoms. The highest BCUT2D eigenvalue weighted by atomic mass is 32.2. The predicted molar refractivity (Wildman–Crippen MR) is 135 cm³/mol. The maximum absolute atomic E-state index is 13.4. The van der Waals surface area contributed by atoms with Gasteiger partial charge in [0.15, 0.2) is 11.0 Å². The second-order valence-electron chi connectivity index (χ2n) is 9.93. The van der Waals surface area contributed by atoms with Gasteiger partial charge in [-0.15, -0.1) is 5.10 Å². The third-order valence-corrected chi connectivity index (χ3v) is 8.33. The molecule has 0 bridgehead atoms. The number of ketones is 1. The van der Waals surface area contributed by atoms with E-state index >= 15 is 0 Å². The lowest BCUT2D eigenvalue weighted by Gasteiger charge is -2.42. The normalized spacial score (nSPS) is 22.5. The van der Waals surface area contributed by atoms with Crippen molar-refractivity contribution in [3.63, 3.8) is 0 Å². The second-order valence-corrected chi connectivity index (χ2v) is 11.0. The fourth-order valence-electron chi connectivity index (χ4n) is 5.44. The summed E-state index contributed by atoms with van der Waals surface area (Å²) < 4.78 is 13.0. The molecule has 1 saturated heterocycles. The van der Waals surface area contributed by atoms with Crippen LogP contribution >= 0.6 is 11.8 Å². The van der Waals surface area contributed by atoms with Crippen molar-refractivity contribution in [3.8, 4) is 0 Å². The first-order chi connectivity index (χ1) is 17.8. The van der Waals surface area contributed by atoms with Crippen LogP contribution in [0.3, 0.4) is 0 Å². The molecule has 2 aliphatic rings. The molecule has 3 aromatic heterocycles. The van der Waals surface area contributed by atoms with E-state index in [-0.39, 0.29) is 24.0 Å². The highest BCUT2D eigenvalue weighted by molar-refractivity contribution is 8.01. The topological polar surface area (TPSA) is 129 Å². The van der Waals surface area contributed by atoms with E-state index in [4.69, 9.17) is 9.15 Å². The number of amides is 1. The van der Waals surface area contributed by atoms with Crippen LogP contribution in [-0.2, 0) is 25.5 Å². The summed E-state index contributed by atoms with van der Waals surface area (Å²) in [6, 6.07) is 5.52. The summed E-state index contributed by atoms with van der Waals surface area (Å²) in [5.41, 5.74) is 0.791. The van der Waals surface area contributed by atoms with Gasteiger partial charge in [-0.05, 0) is 50.8 Å². The first-order valence-electron chi connectivity index (χ1n) is 12.8. The maximum Gasteiger partial charge on any atom is 0.327 e. The van der Waals surface area contributed by atoms with Gasteiger partial charge in [0, 0.05) is 43.6 Å². The molecule has 10 nitrogen and oxygen atoms in total. The molecule has 0 aromatic carbocycles. The molecule has 5 rings (SSSR count). The Bertz CT molecular complexity index is 1280. The summed E-state index contributed by atoms with van der Waals surface area (Å²) in [6.45, 7) is 4.11. The van der Waals surface area contributed by atoms with Gasteiger partial charge in [-0.2, -0.15) is 4.98 Å². The Morgan fingerprint density at radius 3 is 2.78 bits per heavy atom. The average Bonchev–Trinajstić information content (AvgIpc) is 3.62. The van der Waals surface area contributed by atoms with Crippen LogP contribution in [0.5, 0.6) is 0 Å². The quantitative estimate of drug-likeness (QED) is 0.330. The summed E-state index contributed by atoms with van der Waals surface area (Å²) in [6.07, 6.45) is 6.85. The van der Waals surface area contributed by atoms with E-state index in [2.05, 4.69) is 20.4 Å². The number of fused-ring (bicyclic) bond motifs is 1. The van der Waals surface area contributed by atoms with Crippen molar-refractivity contribution in [2.75, 3.05) is 6.54 Å². The third kappa shape index (κ3) is 5.56. The zero-order valence-electron chi connectivity index (χ0n) is 21.1. The third-order valence-electron chi connectivity index (χ3n) is 7.25. The second kappa shape index (κ2) is 10.6. The Morgan fingerprint density at radius 2 is 2.05 bits per heavy atom. The Hall–Kier alpha value is -3.21. The van der Waals surface area contributed by atoms with Gasteiger partial charge in [-0.1, -0.05) is 24.6 Å². The van der Waals surface area contributed by atoms with Crippen LogP contribution in [-0.4, -0.2) is 54.6 Å². The van der Waals surface area contributed by atoms with E-state index in [0.717, 1.165) is 54.6 Å². The lowest BCUT2D eigenvalue weighted by atomic mass is 9.77. The number of rotatable bonds is 9. The monoisotopic (exact) mass is 525 g/mol. The van der Waals surface area contributed by atoms with Crippen molar-refractivity contribution >= 4 is 35.2 Å². The number of hydrogen-bond donors (Lipinski definition) is 1. The Labute approximate surface area is 218 Å². The first-order valence-corrected chi connectivity index (χ1v) is 13.6. The van der Waals surface area contributed by atoms with E-state index in [1.807, 2.05) is 26.0 Å². The summed E-state index contributed by atoms with van der Waals surface area (Å²) in [4.78, 5) is 47.7. The number of carbonyl (C=O) groups excluding carboxylic acids is 3. The Morgan fingerprint density at radius 1 is 1.24 bits per heavy atom. The molecule has 0 radical (unpaired) electrons. The Balaban J connectivity index is 1.24. The van der Waals surface area contributed by atoms with Crippen molar-refractivity contribution in [3.05, 3.63) is 41.6 Å². The summed E-state index contributed by atoms with van der Waals surface area (Å²) >= 11 is 1.01. The van der Waals surface area contributed by atoms with Crippen molar-refractivity contribution < 1.29 is 23.5 Å². The lowest BCUT2D eigenvalue weighted by molar-refractivity contribution is -0.177. The summed E-state index contributed by atoms with van der Waals surface area (Å²) in [7, 11) is 0. The number of aromatic nitrogens is 4. The van der Waals surface area contributed by atoms with Crippen molar-refractivity contribution in [2.45, 2.75) is 81.2 Å². The van der Waals surface area contributed by atoms with Gasteiger partial charge in [-0.3, -0.25) is 14.4 Å². The zero-order chi connectivity index (χ0) is 26.0. The van der Waals surface area contributed by atoms with Crippen LogP contribution < -0.4 is 5.32 Å². The largest absolute Gasteiger partial charge is 0.469 e. The molecular formula is C26H31N5O5S. The number of nitrogens with one attached hydrogen (secondary N) is 1. The minimum Gasteiger partial charge on any atom is -0.469 e. The van der Waals surface area contributed by atoms with Crippen molar-refractivity contribution in [1.29, 1.82) is 0 Å². The van der Waals surface area contributed by atoms with E-state index < -0.39 is 16.8 Å². The molecule has 2 atom stereocenters. The fraction of sp³-hybridized carbons (Fsp3) is 0.538. The van der Waals surface area contributed by atoms with Crippen LogP contribution in [0.2, 0.25) is 0 Å². The van der Waals surface area contributed by atoms with Gasteiger partial charge in [0.05, 0.1) is 6.26 Å². The van der Waals surface area contributed by atoms with Gasteiger partial charge < -0.3 is 14.5 Å². The minimum absolute atomic E-state index is 0.100. The van der Waals surface area contributed by atoms with Crippen LogP contribution in [0.1, 0.15) is 62.1 Å². The number of aryl methyl sites for hydroxylation is 3. The molecule has 1 aliphatic heterocycles. The number of hydrogen-bond acceptors (Lipinski definition) is 9. The number of thioether (sulfide) groups is 1. The number of ether oxygens (including phenoxy) is 1. The highest BCUT2D eigenvalue weighted by Gasteiger charge is 2.52. The number of esters is 1. The summed E-state index contributed by atoms with van der Waals surface area (Å²) in [5.74, 6) is 0.453. The van der Waals surface area contributed by atoms with Crippen molar-refractivity contribution in [2.24, 2.45) is 5.92 Å². The average molecular weight is 526 g/mol.